The first-order chi connectivity index (χ1) is 7.99. The topological polar surface area (TPSA) is 35.6 Å². The maximum Gasteiger partial charge on any atom is 0.236 e. The smallest absolute Gasteiger partial charge is 0.236 e. The highest BCUT2D eigenvalue weighted by Crippen LogP contribution is 2.11. The van der Waals surface area contributed by atoms with E-state index in [-0.39, 0.29) is 5.91 Å². The van der Waals surface area contributed by atoms with Crippen molar-refractivity contribution in [2.75, 3.05) is 40.3 Å². The lowest BCUT2D eigenvalue weighted by molar-refractivity contribution is -0.132. The van der Waals surface area contributed by atoms with Crippen LogP contribution in [0, 0.1) is 5.92 Å². The number of carbonyl (C=O) groups is 1. The molecule has 0 aromatic rings. The summed E-state index contributed by atoms with van der Waals surface area (Å²) in [4.78, 5) is 15.8. The molecule has 0 saturated carbocycles. The number of likely N-dealkylation sites (N-methyl/N-ethyl adjacent to an activating group) is 1. The minimum absolute atomic E-state index is 0.261. The second kappa shape index (κ2) is 6.97. The fourth-order valence-corrected chi connectivity index (χ4v) is 2.11. The van der Waals surface area contributed by atoms with Crippen LogP contribution >= 0.6 is 0 Å². The van der Waals surface area contributed by atoms with Crippen molar-refractivity contribution >= 4 is 5.91 Å². The summed E-state index contributed by atoms with van der Waals surface area (Å²) in [6, 6.07) is 0.598. The fraction of sp³-hybridized carbons (Fsp3) is 0.923. The SMILES string of the molecule is CC(C)CNC1CCN(C(=O)CN(C)C)CC1. The number of nitrogens with one attached hydrogen (secondary N) is 1. The van der Waals surface area contributed by atoms with E-state index in [1.165, 1.54) is 0 Å². The summed E-state index contributed by atoms with van der Waals surface area (Å²) in [6.45, 7) is 7.87. The van der Waals surface area contributed by atoms with Gasteiger partial charge in [-0.05, 0) is 39.4 Å². The van der Waals surface area contributed by atoms with Crippen molar-refractivity contribution in [3.05, 3.63) is 0 Å². The van der Waals surface area contributed by atoms with Gasteiger partial charge in [-0.25, -0.2) is 0 Å². The Balaban J connectivity index is 2.23. The summed E-state index contributed by atoms with van der Waals surface area (Å²) in [5.74, 6) is 0.959. The molecule has 0 atom stereocenters. The van der Waals surface area contributed by atoms with Crippen LogP contribution in [0.2, 0.25) is 0 Å². The summed E-state index contributed by atoms with van der Waals surface area (Å²) in [5, 5.41) is 3.57. The lowest BCUT2D eigenvalue weighted by Gasteiger charge is -2.33. The van der Waals surface area contributed by atoms with E-state index in [0.29, 0.717) is 18.5 Å². The number of nitrogens with zero attached hydrogens (tertiary/aromatic N) is 2. The molecule has 1 amide bonds. The summed E-state index contributed by atoms with van der Waals surface area (Å²) >= 11 is 0. The van der Waals surface area contributed by atoms with E-state index in [2.05, 4.69) is 19.2 Å². The van der Waals surface area contributed by atoms with Gasteiger partial charge in [-0.15, -0.1) is 0 Å². The largest absolute Gasteiger partial charge is 0.341 e. The van der Waals surface area contributed by atoms with E-state index in [1.54, 1.807) is 0 Å². The van der Waals surface area contributed by atoms with E-state index >= 15 is 0 Å². The molecule has 4 heteroatoms. The van der Waals surface area contributed by atoms with Crippen molar-refractivity contribution in [3.63, 3.8) is 0 Å². The molecule has 1 aliphatic rings. The van der Waals surface area contributed by atoms with Gasteiger partial charge in [-0.3, -0.25) is 4.79 Å². The highest BCUT2D eigenvalue weighted by Gasteiger charge is 2.22. The number of carbonyl (C=O) groups excluding carboxylic acids is 1. The molecule has 1 heterocycles. The molecule has 17 heavy (non-hydrogen) atoms. The zero-order valence-electron chi connectivity index (χ0n) is 11.7. The molecule has 1 rings (SSSR count). The molecule has 0 unspecified atom stereocenters. The predicted octanol–water partition coefficient (Wildman–Crippen LogP) is 0.785. The van der Waals surface area contributed by atoms with Crippen molar-refractivity contribution < 1.29 is 4.79 Å². The number of piperidine rings is 1. The van der Waals surface area contributed by atoms with E-state index in [9.17, 15) is 4.79 Å². The highest BCUT2D eigenvalue weighted by atomic mass is 16.2. The number of hydrogen-bond acceptors (Lipinski definition) is 3. The third kappa shape index (κ3) is 5.50. The quantitative estimate of drug-likeness (QED) is 0.773. The van der Waals surface area contributed by atoms with Crippen LogP contribution in [0.1, 0.15) is 26.7 Å². The van der Waals surface area contributed by atoms with Gasteiger partial charge in [0.25, 0.3) is 0 Å². The molecule has 1 saturated heterocycles. The highest BCUT2D eigenvalue weighted by molar-refractivity contribution is 5.78. The average Bonchev–Trinajstić information content (AvgIpc) is 2.26. The molecule has 0 spiro atoms. The van der Waals surface area contributed by atoms with Crippen LogP contribution in [0.4, 0.5) is 0 Å². The molecule has 1 N–H and O–H groups in total. The van der Waals surface area contributed by atoms with Gasteiger partial charge in [-0.1, -0.05) is 13.8 Å². The van der Waals surface area contributed by atoms with E-state index < -0.39 is 0 Å². The van der Waals surface area contributed by atoms with Crippen molar-refractivity contribution in [1.82, 2.24) is 15.1 Å². The Morgan fingerprint density at radius 1 is 1.35 bits per heavy atom. The Morgan fingerprint density at radius 3 is 2.41 bits per heavy atom. The minimum Gasteiger partial charge on any atom is -0.341 e. The molecule has 0 radical (unpaired) electrons. The molecule has 100 valence electrons. The molecule has 1 aliphatic heterocycles. The number of amides is 1. The van der Waals surface area contributed by atoms with Crippen molar-refractivity contribution in [1.29, 1.82) is 0 Å². The van der Waals surface area contributed by atoms with Crippen LogP contribution < -0.4 is 5.32 Å². The molecule has 4 nitrogen and oxygen atoms in total. The lowest BCUT2D eigenvalue weighted by Crippen LogP contribution is -2.47. The first-order valence-electron chi connectivity index (χ1n) is 6.65. The Morgan fingerprint density at radius 2 is 1.94 bits per heavy atom. The van der Waals surface area contributed by atoms with Gasteiger partial charge in [0.15, 0.2) is 0 Å². The molecule has 1 fully saturated rings. The predicted molar refractivity (Wildman–Crippen MR) is 71.0 cm³/mol. The van der Waals surface area contributed by atoms with Crippen molar-refractivity contribution in [3.8, 4) is 0 Å². The van der Waals surface area contributed by atoms with Crippen LogP contribution in [0.5, 0.6) is 0 Å². The summed E-state index contributed by atoms with van der Waals surface area (Å²) in [5.41, 5.74) is 0. The Kier molecular flexibility index (Phi) is 5.92. The third-order valence-electron chi connectivity index (χ3n) is 3.11. The van der Waals surface area contributed by atoms with Crippen LogP contribution in [0.25, 0.3) is 0 Å². The van der Waals surface area contributed by atoms with Gasteiger partial charge in [-0.2, -0.15) is 0 Å². The number of hydrogen-bond donors (Lipinski definition) is 1. The van der Waals surface area contributed by atoms with Gasteiger partial charge in [0.05, 0.1) is 6.54 Å². The zero-order valence-corrected chi connectivity index (χ0v) is 11.7. The van der Waals surface area contributed by atoms with Crippen LogP contribution in [-0.2, 0) is 4.79 Å². The van der Waals surface area contributed by atoms with Crippen molar-refractivity contribution in [2.45, 2.75) is 32.7 Å². The molecular weight excluding hydrogens is 214 g/mol. The monoisotopic (exact) mass is 241 g/mol. The standard InChI is InChI=1S/C13H27N3O/c1-11(2)9-14-12-5-7-16(8-6-12)13(17)10-15(3)4/h11-12,14H,5-10H2,1-4H3. The molecule has 0 aliphatic carbocycles. The van der Waals surface area contributed by atoms with Gasteiger partial charge in [0.1, 0.15) is 0 Å². The second-order valence-electron chi connectivity index (χ2n) is 5.69. The molecular formula is C13H27N3O. The average molecular weight is 241 g/mol. The maximum absolute atomic E-state index is 11.8. The second-order valence-corrected chi connectivity index (χ2v) is 5.69. The van der Waals surface area contributed by atoms with E-state index in [0.717, 1.165) is 32.5 Å². The van der Waals surface area contributed by atoms with E-state index in [1.807, 2.05) is 23.9 Å². The molecule has 0 aromatic carbocycles. The lowest BCUT2D eigenvalue weighted by atomic mass is 10.0. The minimum atomic E-state index is 0.261. The van der Waals surface area contributed by atoms with E-state index in [4.69, 9.17) is 0 Å². The number of rotatable bonds is 5. The fourth-order valence-electron chi connectivity index (χ4n) is 2.11. The maximum atomic E-state index is 11.8. The van der Waals surface area contributed by atoms with Crippen molar-refractivity contribution in [2.24, 2.45) is 5.92 Å². The third-order valence-corrected chi connectivity index (χ3v) is 3.11. The van der Waals surface area contributed by atoms with Gasteiger partial charge >= 0.3 is 0 Å². The Bertz CT molecular complexity index is 233. The molecule has 0 aromatic heterocycles. The first kappa shape index (κ1) is 14.5. The van der Waals surface area contributed by atoms with Gasteiger partial charge < -0.3 is 15.1 Å². The number of likely N-dealkylation sites (tertiary alicyclic amines) is 1. The van der Waals surface area contributed by atoms with Gasteiger partial charge in [0.2, 0.25) is 5.91 Å². The van der Waals surface area contributed by atoms with Crippen LogP contribution in [0.3, 0.4) is 0 Å². The summed E-state index contributed by atoms with van der Waals surface area (Å²) in [7, 11) is 3.88. The Labute approximate surface area is 105 Å². The normalized spacial score (nSPS) is 18.1. The summed E-state index contributed by atoms with van der Waals surface area (Å²) < 4.78 is 0. The Hall–Kier alpha value is -0.610. The van der Waals surface area contributed by atoms with Crippen LogP contribution in [0.15, 0.2) is 0 Å². The summed E-state index contributed by atoms with van der Waals surface area (Å²) in [6.07, 6.45) is 2.18. The molecule has 0 bridgehead atoms. The first-order valence-corrected chi connectivity index (χ1v) is 6.65. The van der Waals surface area contributed by atoms with Crippen LogP contribution in [-0.4, -0.2) is 62.0 Å². The zero-order chi connectivity index (χ0) is 12.8. The van der Waals surface area contributed by atoms with Gasteiger partial charge in [0, 0.05) is 19.1 Å².